The second-order valence-corrected chi connectivity index (χ2v) is 4.06. The van der Waals surface area contributed by atoms with Crippen molar-refractivity contribution < 1.29 is 14.3 Å². The smallest absolute Gasteiger partial charge is 0.303 e. The minimum Gasteiger partial charge on any atom is -0.481 e. The summed E-state index contributed by atoms with van der Waals surface area (Å²) in [6.45, 7) is 3.86. The number of carboxylic acid groups (broad SMARTS) is 1. The SMILES string of the molecule is Cc1oc(CCCC(=O)O)c(C)c1Br. The van der Waals surface area contributed by atoms with Gasteiger partial charge in [-0.1, -0.05) is 0 Å². The van der Waals surface area contributed by atoms with Crippen LogP contribution in [0.15, 0.2) is 8.89 Å². The van der Waals surface area contributed by atoms with Crippen molar-refractivity contribution in [1.82, 2.24) is 0 Å². The molecule has 0 aliphatic carbocycles. The third-order valence-electron chi connectivity index (χ3n) is 2.13. The van der Waals surface area contributed by atoms with Crippen molar-refractivity contribution in [3.8, 4) is 0 Å². The molecule has 3 nitrogen and oxygen atoms in total. The molecule has 4 heteroatoms. The topological polar surface area (TPSA) is 50.4 Å². The van der Waals surface area contributed by atoms with Gasteiger partial charge in [-0.2, -0.15) is 0 Å². The van der Waals surface area contributed by atoms with Crippen LogP contribution >= 0.6 is 15.9 Å². The molecular formula is C10H13BrO3. The standard InChI is InChI=1S/C10H13BrO3/c1-6-8(4-3-5-9(12)13)14-7(2)10(6)11/h3-5H2,1-2H3,(H,12,13). The molecule has 0 atom stereocenters. The van der Waals surface area contributed by atoms with E-state index in [-0.39, 0.29) is 6.42 Å². The molecule has 1 rings (SSSR count). The number of aliphatic carboxylic acids is 1. The Hall–Kier alpha value is -0.770. The van der Waals surface area contributed by atoms with Crippen LogP contribution < -0.4 is 0 Å². The van der Waals surface area contributed by atoms with Crippen LogP contribution in [-0.4, -0.2) is 11.1 Å². The van der Waals surface area contributed by atoms with E-state index in [2.05, 4.69) is 15.9 Å². The van der Waals surface area contributed by atoms with Gasteiger partial charge in [0.25, 0.3) is 0 Å². The second-order valence-electron chi connectivity index (χ2n) is 3.27. The van der Waals surface area contributed by atoms with Gasteiger partial charge in [0.2, 0.25) is 0 Å². The average molecular weight is 261 g/mol. The molecule has 0 unspecified atom stereocenters. The van der Waals surface area contributed by atoms with Gasteiger partial charge < -0.3 is 9.52 Å². The molecular weight excluding hydrogens is 248 g/mol. The van der Waals surface area contributed by atoms with E-state index in [9.17, 15) is 4.79 Å². The molecule has 1 aromatic heterocycles. The van der Waals surface area contributed by atoms with Gasteiger partial charge in [-0.3, -0.25) is 4.79 Å². The molecule has 0 aromatic carbocycles. The van der Waals surface area contributed by atoms with Crippen molar-refractivity contribution in [2.24, 2.45) is 0 Å². The highest BCUT2D eigenvalue weighted by Gasteiger charge is 2.11. The lowest BCUT2D eigenvalue weighted by Crippen LogP contribution is -1.95. The summed E-state index contributed by atoms with van der Waals surface area (Å²) < 4.78 is 6.48. The highest BCUT2D eigenvalue weighted by atomic mass is 79.9. The van der Waals surface area contributed by atoms with Crippen molar-refractivity contribution in [1.29, 1.82) is 0 Å². The first-order valence-corrected chi connectivity index (χ1v) is 5.28. The first-order chi connectivity index (χ1) is 6.52. The highest BCUT2D eigenvalue weighted by Crippen LogP contribution is 2.27. The third kappa shape index (κ3) is 2.61. The Balaban J connectivity index is 2.59. The number of halogens is 1. The van der Waals surface area contributed by atoms with Crippen molar-refractivity contribution in [2.75, 3.05) is 0 Å². The van der Waals surface area contributed by atoms with E-state index in [0.29, 0.717) is 12.8 Å². The van der Waals surface area contributed by atoms with Crippen LogP contribution in [0.5, 0.6) is 0 Å². The normalized spacial score (nSPS) is 10.5. The lowest BCUT2D eigenvalue weighted by molar-refractivity contribution is -0.137. The molecule has 0 aliphatic rings. The molecule has 0 bridgehead atoms. The van der Waals surface area contributed by atoms with Crippen molar-refractivity contribution >= 4 is 21.9 Å². The van der Waals surface area contributed by atoms with Gasteiger partial charge in [-0.25, -0.2) is 0 Å². The van der Waals surface area contributed by atoms with E-state index in [1.54, 1.807) is 0 Å². The molecule has 78 valence electrons. The van der Waals surface area contributed by atoms with E-state index < -0.39 is 5.97 Å². The summed E-state index contributed by atoms with van der Waals surface area (Å²) in [5.74, 6) is 0.980. The van der Waals surface area contributed by atoms with Gasteiger partial charge >= 0.3 is 5.97 Å². The fourth-order valence-corrected chi connectivity index (χ4v) is 1.63. The van der Waals surface area contributed by atoms with Crippen LogP contribution in [0.3, 0.4) is 0 Å². The van der Waals surface area contributed by atoms with Crippen LogP contribution in [0.2, 0.25) is 0 Å². The largest absolute Gasteiger partial charge is 0.481 e. The fourth-order valence-electron chi connectivity index (χ4n) is 1.33. The predicted molar refractivity (Wildman–Crippen MR) is 56.5 cm³/mol. The number of carbonyl (C=O) groups is 1. The first-order valence-electron chi connectivity index (χ1n) is 4.48. The minimum absolute atomic E-state index is 0.191. The first kappa shape index (κ1) is 11.3. The maximum Gasteiger partial charge on any atom is 0.303 e. The Kier molecular flexibility index (Phi) is 3.75. The number of rotatable bonds is 4. The molecule has 0 radical (unpaired) electrons. The van der Waals surface area contributed by atoms with Gasteiger partial charge in [-0.15, -0.1) is 0 Å². The van der Waals surface area contributed by atoms with Gasteiger partial charge in [0, 0.05) is 18.4 Å². The summed E-state index contributed by atoms with van der Waals surface area (Å²) >= 11 is 3.41. The van der Waals surface area contributed by atoms with Crippen LogP contribution in [0.1, 0.15) is 29.9 Å². The van der Waals surface area contributed by atoms with E-state index in [4.69, 9.17) is 9.52 Å². The molecule has 14 heavy (non-hydrogen) atoms. The number of aryl methyl sites for hydroxylation is 2. The summed E-state index contributed by atoms with van der Waals surface area (Å²) in [6, 6.07) is 0. The Morgan fingerprint density at radius 2 is 2.14 bits per heavy atom. The molecule has 0 saturated carbocycles. The van der Waals surface area contributed by atoms with Crippen LogP contribution in [0, 0.1) is 13.8 Å². The van der Waals surface area contributed by atoms with E-state index >= 15 is 0 Å². The second kappa shape index (κ2) is 4.64. The van der Waals surface area contributed by atoms with Gasteiger partial charge in [0.1, 0.15) is 11.5 Å². The Morgan fingerprint density at radius 3 is 2.57 bits per heavy atom. The van der Waals surface area contributed by atoms with E-state index in [0.717, 1.165) is 21.6 Å². The van der Waals surface area contributed by atoms with Crippen LogP contribution in [0.25, 0.3) is 0 Å². The maximum atomic E-state index is 10.3. The Labute approximate surface area is 91.2 Å². The van der Waals surface area contributed by atoms with Gasteiger partial charge in [0.15, 0.2) is 0 Å². The highest BCUT2D eigenvalue weighted by molar-refractivity contribution is 9.10. The zero-order valence-corrected chi connectivity index (χ0v) is 9.85. The number of hydrogen-bond acceptors (Lipinski definition) is 2. The quantitative estimate of drug-likeness (QED) is 0.906. The minimum atomic E-state index is -0.759. The molecule has 0 spiro atoms. The summed E-state index contributed by atoms with van der Waals surface area (Å²) in [4.78, 5) is 10.3. The van der Waals surface area contributed by atoms with Gasteiger partial charge in [-0.05, 0) is 36.2 Å². The number of hydrogen-bond donors (Lipinski definition) is 1. The summed E-state index contributed by atoms with van der Waals surface area (Å²) in [5, 5.41) is 8.48. The zero-order chi connectivity index (χ0) is 10.7. The van der Waals surface area contributed by atoms with E-state index in [1.807, 2.05) is 13.8 Å². The van der Waals surface area contributed by atoms with Gasteiger partial charge in [0.05, 0.1) is 4.47 Å². The molecule has 0 saturated heterocycles. The van der Waals surface area contributed by atoms with Crippen LogP contribution in [0.4, 0.5) is 0 Å². The third-order valence-corrected chi connectivity index (χ3v) is 3.28. The van der Waals surface area contributed by atoms with Crippen molar-refractivity contribution in [3.05, 3.63) is 21.6 Å². The lowest BCUT2D eigenvalue weighted by Gasteiger charge is -1.96. The molecule has 0 amide bonds. The molecule has 0 aliphatic heterocycles. The monoisotopic (exact) mass is 260 g/mol. The van der Waals surface area contributed by atoms with Crippen LogP contribution in [-0.2, 0) is 11.2 Å². The van der Waals surface area contributed by atoms with Crippen molar-refractivity contribution in [3.63, 3.8) is 0 Å². The number of carboxylic acids is 1. The predicted octanol–water partition coefficient (Wildman–Crippen LogP) is 3.07. The lowest BCUT2D eigenvalue weighted by atomic mass is 10.1. The Bertz CT molecular complexity index is 341. The maximum absolute atomic E-state index is 10.3. The molecule has 1 aromatic rings. The molecule has 1 N–H and O–H groups in total. The average Bonchev–Trinajstić information content (AvgIpc) is 2.33. The zero-order valence-electron chi connectivity index (χ0n) is 8.26. The summed E-state index contributed by atoms with van der Waals surface area (Å²) in [6.07, 6.45) is 1.50. The fraction of sp³-hybridized carbons (Fsp3) is 0.500. The number of furan rings is 1. The summed E-state index contributed by atoms with van der Waals surface area (Å²) in [7, 11) is 0. The summed E-state index contributed by atoms with van der Waals surface area (Å²) in [5.41, 5.74) is 1.08. The molecule has 0 fully saturated rings. The Morgan fingerprint density at radius 1 is 1.50 bits per heavy atom. The molecule has 1 heterocycles. The van der Waals surface area contributed by atoms with Crippen molar-refractivity contribution in [2.45, 2.75) is 33.1 Å². The van der Waals surface area contributed by atoms with E-state index in [1.165, 1.54) is 0 Å².